The van der Waals surface area contributed by atoms with E-state index in [1.165, 1.54) is 12.8 Å². The highest BCUT2D eigenvalue weighted by atomic mass is 16.5. The highest BCUT2D eigenvalue weighted by Crippen LogP contribution is 2.33. The van der Waals surface area contributed by atoms with E-state index >= 15 is 0 Å². The van der Waals surface area contributed by atoms with Crippen molar-refractivity contribution in [1.29, 1.82) is 0 Å². The van der Waals surface area contributed by atoms with Gasteiger partial charge in [-0.3, -0.25) is 0 Å². The predicted octanol–water partition coefficient (Wildman–Crippen LogP) is 2.46. The van der Waals surface area contributed by atoms with Crippen molar-refractivity contribution < 1.29 is 9.47 Å². The minimum Gasteiger partial charge on any atom is -0.381 e. The highest BCUT2D eigenvalue weighted by Gasteiger charge is 2.31. The average Bonchev–Trinajstić information content (AvgIpc) is 2.33. The summed E-state index contributed by atoms with van der Waals surface area (Å²) >= 11 is 0. The van der Waals surface area contributed by atoms with Crippen molar-refractivity contribution >= 4 is 0 Å². The maximum absolute atomic E-state index is 5.73. The molecule has 0 aromatic heterocycles. The molecular formula is C14H29NO2. The van der Waals surface area contributed by atoms with E-state index < -0.39 is 0 Å². The molecule has 0 saturated carbocycles. The quantitative estimate of drug-likeness (QED) is 0.664. The maximum atomic E-state index is 5.73. The van der Waals surface area contributed by atoms with Gasteiger partial charge in [0, 0.05) is 33.0 Å². The van der Waals surface area contributed by atoms with Gasteiger partial charge in [-0.15, -0.1) is 0 Å². The van der Waals surface area contributed by atoms with Crippen molar-refractivity contribution in [3.05, 3.63) is 0 Å². The predicted molar refractivity (Wildman–Crippen MR) is 71.3 cm³/mol. The average molecular weight is 243 g/mol. The summed E-state index contributed by atoms with van der Waals surface area (Å²) in [6, 6.07) is 0. The van der Waals surface area contributed by atoms with Crippen LogP contribution in [0.3, 0.4) is 0 Å². The lowest BCUT2D eigenvalue weighted by molar-refractivity contribution is -0.00838. The topological polar surface area (TPSA) is 30.5 Å². The van der Waals surface area contributed by atoms with Gasteiger partial charge in [-0.25, -0.2) is 0 Å². The van der Waals surface area contributed by atoms with Gasteiger partial charge in [-0.1, -0.05) is 20.8 Å². The number of hydrogen-bond donors (Lipinski definition) is 1. The summed E-state index contributed by atoms with van der Waals surface area (Å²) in [4.78, 5) is 0. The standard InChI is InChI=1S/C14H29NO2/c1-4-15-12-14(5-8-16-9-6-14)7-10-17-11-13(2)3/h13,15H,4-12H2,1-3H3. The Labute approximate surface area is 106 Å². The first-order chi connectivity index (χ1) is 8.18. The van der Waals surface area contributed by atoms with E-state index in [-0.39, 0.29) is 0 Å². The van der Waals surface area contributed by atoms with Gasteiger partial charge in [-0.2, -0.15) is 0 Å². The third kappa shape index (κ3) is 5.84. The molecule has 3 heteroatoms. The summed E-state index contributed by atoms with van der Waals surface area (Å²) in [7, 11) is 0. The lowest BCUT2D eigenvalue weighted by Gasteiger charge is -2.37. The fourth-order valence-electron chi connectivity index (χ4n) is 2.32. The number of ether oxygens (including phenoxy) is 2. The summed E-state index contributed by atoms with van der Waals surface area (Å²) in [5, 5.41) is 3.50. The van der Waals surface area contributed by atoms with Gasteiger partial charge in [-0.05, 0) is 37.1 Å². The Balaban J connectivity index is 2.29. The summed E-state index contributed by atoms with van der Waals surface area (Å²) in [6.45, 7) is 12.3. The SMILES string of the molecule is CCNCC1(CCOCC(C)C)CCOCC1. The second-order valence-corrected chi connectivity index (χ2v) is 5.61. The Bertz CT molecular complexity index is 189. The van der Waals surface area contributed by atoms with E-state index in [0.29, 0.717) is 11.3 Å². The number of hydrogen-bond acceptors (Lipinski definition) is 3. The smallest absolute Gasteiger partial charge is 0.0488 e. The van der Waals surface area contributed by atoms with Crippen LogP contribution >= 0.6 is 0 Å². The molecule has 1 heterocycles. The van der Waals surface area contributed by atoms with Gasteiger partial charge >= 0.3 is 0 Å². The van der Waals surface area contributed by atoms with E-state index in [4.69, 9.17) is 9.47 Å². The van der Waals surface area contributed by atoms with Crippen LogP contribution < -0.4 is 5.32 Å². The van der Waals surface area contributed by atoms with E-state index in [9.17, 15) is 0 Å². The fourth-order valence-corrected chi connectivity index (χ4v) is 2.32. The van der Waals surface area contributed by atoms with Crippen molar-refractivity contribution in [2.45, 2.75) is 40.0 Å². The molecule has 1 rings (SSSR count). The molecule has 1 saturated heterocycles. The van der Waals surface area contributed by atoms with Gasteiger partial charge in [0.25, 0.3) is 0 Å². The molecule has 0 amide bonds. The third-order valence-electron chi connectivity index (χ3n) is 3.53. The molecule has 0 aromatic carbocycles. The maximum Gasteiger partial charge on any atom is 0.0488 e. The first kappa shape index (κ1) is 14.9. The van der Waals surface area contributed by atoms with Crippen LogP contribution in [0.5, 0.6) is 0 Å². The summed E-state index contributed by atoms with van der Waals surface area (Å²) in [5.41, 5.74) is 0.408. The van der Waals surface area contributed by atoms with Crippen LogP contribution in [0.1, 0.15) is 40.0 Å². The van der Waals surface area contributed by atoms with Gasteiger partial charge in [0.05, 0.1) is 0 Å². The van der Waals surface area contributed by atoms with Gasteiger partial charge in [0.15, 0.2) is 0 Å². The molecule has 17 heavy (non-hydrogen) atoms. The minimum absolute atomic E-state index is 0.408. The van der Waals surface area contributed by atoms with E-state index in [1.807, 2.05) is 0 Å². The zero-order valence-corrected chi connectivity index (χ0v) is 11.8. The number of nitrogens with one attached hydrogen (secondary N) is 1. The van der Waals surface area contributed by atoms with Gasteiger partial charge in [0.1, 0.15) is 0 Å². The first-order valence-electron chi connectivity index (χ1n) is 7.05. The molecule has 0 atom stereocenters. The Hall–Kier alpha value is -0.120. The van der Waals surface area contributed by atoms with Crippen molar-refractivity contribution in [2.75, 3.05) is 39.5 Å². The molecule has 1 aliphatic heterocycles. The van der Waals surface area contributed by atoms with Crippen LogP contribution in [0.2, 0.25) is 0 Å². The van der Waals surface area contributed by atoms with E-state index in [2.05, 4.69) is 26.1 Å². The second-order valence-electron chi connectivity index (χ2n) is 5.61. The Kier molecular flexibility index (Phi) is 7.09. The molecule has 0 aromatic rings. The van der Waals surface area contributed by atoms with Crippen LogP contribution in [0.15, 0.2) is 0 Å². The van der Waals surface area contributed by atoms with E-state index in [0.717, 1.165) is 45.9 Å². The van der Waals surface area contributed by atoms with Gasteiger partial charge < -0.3 is 14.8 Å². The molecule has 0 unspecified atom stereocenters. The minimum atomic E-state index is 0.408. The van der Waals surface area contributed by atoms with Crippen molar-refractivity contribution in [2.24, 2.45) is 11.3 Å². The fraction of sp³-hybridized carbons (Fsp3) is 1.00. The molecule has 0 bridgehead atoms. The first-order valence-corrected chi connectivity index (χ1v) is 7.05. The molecule has 102 valence electrons. The van der Waals surface area contributed by atoms with Crippen LogP contribution in [0, 0.1) is 11.3 Å². The van der Waals surface area contributed by atoms with Gasteiger partial charge in [0.2, 0.25) is 0 Å². The van der Waals surface area contributed by atoms with Crippen molar-refractivity contribution in [1.82, 2.24) is 5.32 Å². The Morgan fingerprint density at radius 1 is 1.29 bits per heavy atom. The molecule has 1 aliphatic rings. The molecule has 1 fully saturated rings. The molecule has 0 spiro atoms. The molecule has 3 nitrogen and oxygen atoms in total. The van der Waals surface area contributed by atoms with Crippen molar-refractivity contribution in [3.63, 3.8) is 0 Å². The molecule has 0 aliphatic carbocycles. The molecule has 1 N–H and O–H groups in total. The molecular weight excluding hydrogens is 214 g/mol. The zero-order chi connectivity index (χ0) is 12.6. The second kappa shape index (κ2) is 8.06. The normalized spacial score (nSPS) is 19.8. The molecule has 0 radical (unpaired) electrons. The monoisotopic (exact) mass is 243 g/mol. The lowest BCUT2D eigenvalue weighted by Crippen LogP contribution is -2.40. The van der Waals surface area contributed by atoms with Crippen LogP contribution in [0.25, 0.3) is 0 Å². The summed E-state index contributed by atoms with van der Waals surface area (Å²) in [5.74, 6) is 0.634. The summed E-state index contributed by atoms with van der Waals surface area (Å²) in [6.07, 6.45) is 3.51. The van der Waals surface area contributed by atoms with Crippen LogP contribution in [-0.2, 0) is 9.47 Å². The highest BCUT2D eigenvalue weighted by molar-refractivity contribution is 4.83. The third-order valence-corrected chi connectivity index (χ3v) is 3.53. The van der Waals surface area contributed by atoms with Crippen molar-refractivity contribution in [3.8, 4) is 0 Å². The largest absolute Gasteiger partial charge is 0.381 e. The Morgan fingerprint density at radius 3 is 2.59 bits per heavy atom. The Morgan fingerprint density at radius 2 is 2.00 bits per heavy atom. The zero-order valence-electron chi connectivity index (χ0n) is 11.8. The summed E-state index contributed by atoms with van der Waals surface area (Å²) < 4.78 is 11.2. The van der Waals surface area contributed by atoms with Crippen LogP contribution in [-0.4, -0.2) is 39.5 Å². The number of rotatable bonds is 8. The van der Waals surface area contributed by atoms with E-state index in [1.54, 1.807) is 0 Å². The lowest BCUT2D eigenvalue weighted by atomic mass is 9.77. The van der Waals surface area contributed by atoms with Crippen LogP contribution in [0.4, 0.5) is 0 Å².